The van der Waals surface area contributed by atoms with Crippen molar-refractivity contribution in [2.24, 2.45) is 5.92 Å². The van der Waals surface area contributed by atoms with Gasteiger partial charge in [0.05, 0.1) is 0 Å². The van der Waals surface area contributed by atoms with Crippen LogP contribution in [0.25, 0.3) is 0 Å². The fourth-order valence-corrected chi connectivity index (χ4v) is 6.84. The average molecular weight is 446 g/mol. The number of carbonyl (C=O) groups is 2. The number of hydrogen-bond donors (Lipinski definition) is 1. The highest BCUT2D eigenvalue weighted by atomic mass is 32.1. The minimum atomic E-state index is -0.642. The molecule has 1 unspecified atom stereocenters. The van der Waals surface area contributed by atoms with Gasteiger partial charge in [0.2, 0.25) is 11.8 Å². The predicted molar refractivity (Wildman–Crippen MR) is 126 cm³/mol. The fourth-order valence-electron chi connectivity index (χ4n) is 5.84. The molecule has 2 amide bonds. The molecule has 5 nitrogen and oxygen atoms in total. The van der Waals surface area contributed by atoms with Crippen LogP contribution in [0.15, 0.2) is 12.1 Å². The van der Waals surface area contributed by atoms with Crippen molar-refractivity contribution in [3.05, 3.63) is 21.9 Å². The van der Waals surface area contributed by atoms with Crippen LogP contribution in [0.5, 0.6) is 0 Å². The number of nitrogens with zero attached hydrogens (tertiary/aromatic N) is 2. The third kappa shape index (κ3) is 4.85. The molecule has 6 heteroatoms. The van der Waals surface area contributed by atoms with Crippen molar-refractivity contribution < 1.29 is 9.59 Å². The van der Waals surface area contributed by atoms with E-state index >= 15 is 0 Å². The molecule has 2 aliphatic heterocycles. The molecular weight excluding hydrogens is 406 g/mol. The lowest BCUT2D eigenvalue weighted by molar-refractivity contribution is -0.162. The van der Waals surface area contributed by atoms with E-state index in [1.165, 1.54) is 41.9 Å². The molecule has 0 aromatic carbocycles. The van der Waals surface area contributed by atoms with Crippen LogP contribution in [0, 0.1) is 5.92 Å². The van der Waals surface area contributed by atoms with E-state index in [1.807, 2.05) is 16.2 Å². The Morgan fingerprint density at radius 3 is 2.42 bits per heavy atom. The number of amides is 2. The number of aryl methyl sites for hydroxylation is 1. The maximum absolute atomic E-state index is 13.5. The molecule has 3 fully saturated rings. The Hall–Kier alpha value is -1.40. The molecule has 0 bridgehead atoms. The highest BCUT2D eigenvalue weighted by Gasteiger charge is 2.53. The lowest BCUT2D eigenvalue weighted by atomic mass is 9.79. The predicted octanol–water partition coefficient (Wildman–Crippen LogP) is 4.35. The summed E-state index contributed by atoms with van der Waals surface area (Å²) in [5.41, 5.74) is -0.642. The van der Waals surface area contributed by atoms with Gasteiger partial charge in [0.15, 0.2) is 0 Å². The number of nitrogens with one attached hydrogen (secondary N) is 1. The van der Waals surface area contributed by atoms with E-state index < -0.39 is 5.54 Å². The van der Waals surface area contributed by atoms with Gasteiger partial charge in [0, 0.05) is 35.9 Å². The molecule has 1 N–H and O–H groups in total. The summed E-state index contributed by atoms with van der Waals surface area (Å²) >= 11 is 1.89. The van der Waals surface area contributed by atoms with Gasteiger partial charge in [0.25, 0.3) is 0 Å². The largest absolute Gasteiger partial charge is 0.342 e. The van der Waals surface area contributed by atoms with Crippen molar-refractivity contribution in [2.75, 3.05) is 19.6 Å². The Balaban J connectivity index is 1.42. The Labute approximate surface area is 191 Å². The average Bonchev–Trinajstić information content (AvgIpc) is 3.25. The van der Waals surface area contributed by atoms with Gasteiger partial charge >= 0.3 is 0 Å². The molecule has 0 radical (unpaired) electrons. The van der Waals surface area contributed by atoms with Gasteiger partial charge in [0.1, 0.15) is 11.6 Å². The molecule has 1 aliphatic carbocycles. The molecule has 1 aromatic heterocycles. The van der Waals surface area contributed by atoms with Crippen molar-refractivity contribution in [3.63, 3.8) is 0 Å². The molecule has 3 heterocycles. The van der Waals surface area contributed by atoms with Crippen LogP contribution < -0.4 is 5.32 Å². The zero-order chi connectivity index (χ0) is 21.8. The quantitative estimate of drug-likeness (QED) is 0.679. The number of piperazine rings is 1. The van der Waals surface area contributed by atoms with Gasteiger partial charge in [-0.15, -0.1) is 11.3 Å². The van der Waals surface area contributed by atoms with Gasteiger partial charge in [-0.3, -0.25) is 14.5 Å². The zero-order valence-corrected chi connectivity index (χ0v) is 20.1. The minimum absolute atomic E-state index is 0.102. The van der Waals surface area contributed by atoms with E-state index in [0.717, 1.165) is 51.7 Å². The normalized spacial score (nSPS) is 25.2. The first-order valence-electron chi connectivity index (χ1n) is 12.5. The summed E-state index contributed by atoms with van der Waals surface area (Å²) in [6, 6.07) is 4.15. The number of thiophene rings is 1. The highest BCUT2D eigenvalue weighted by Crippen LogP contribution is 2.36. The first-order chi connectivity index (χ1) is 15.1. The number of piperidine rings is 1. The first kappa shape index (κ1) is 22.8. The van der Waals surface area contributed by atoms with Gasteiger partial charge in [-0.2, -0.15) is 0 Å². The van der Waals surface area contributed by atoms with E-state index in [-0.39, 0.29) is 17.9 Å². The van der Waals surface area contributed by atoms with Gasteiger partial charge in [-0.05, 0) is 50.2 Å². The minimum Gasteiger partial charge on any atom is -0.342 e. The maximum Gasteiger partial charge on any atom is 0.246 e. The third-order valence-corrected chi connectivity index (χ3v) is 8.89. The second-order valence-corrected chi connectivity index (χ2v) is 11.0. The van der Waals surface area contributed by atoms with E-state index in [4.69, 9.17) is 0 Å². The third-order valence-electron chi connectivity index (χ3n) is 7.68. The summed E-state index contributed by atoms with van der Waals surface area (Å²) in [7, 11) is 0. The topological polar surface area (TPSA) is 52.7 Å². The second-order valence-electron chi connectivity index (χ2n) is 9.78. The van der Waals surface area contributed by atoms with E-state index in [1.54, 1.807) is 0 Å². The second kappa shape index (κ2) is 10.0. The summed E-state index contributed by atoms with van der Waals surface area (Å²) in [6.07, 6.45) is 10.6. The van der Waals surface area contributed by atoms with Crippen LogP contribution in [0.1, 0.15) is 81.4 Å². The molecule has 2 saturated heterocycles. The monoisotopic (exact) mass is 445 g/mol. The molecule has 1 atom stereocenters. The van der Waals surface area contributed by atoms with E-state index in [2.05, 4.69) is 36.2 Å². The Kier molecular flexibility index (Phi) is 7.37. The summed E-state index contributed by atoms with van der Waals surface area (Å²) in [5.74, 6) is 0.859. The molecule has 1 saturated carbocycles. The molecule has 1 aromatic rings. The Bertz CT molecular complexity index is 763. The molecule has 1 spiro atoms. The molecule has 3 aliphatic rings. The number of rotatable bonds is 7. The van der Waals surface area contributed by atoms with E-state index in [9.17, 15) is 9.59 Å². The highest BCUT2D eigenvalue weighted by molar-refractivity contribution is 7.11. The molecule has 4 rings (SSSR count). The van der Waals surface area contributed by atoms with Crippen molar-refractivity contribution >= 4 is 23.2 Å². The number of hydrogen-bond acceptors (Lipinski definition) is 4. The zero-order valence-electron chi connectivity index (χ0n) is 19.3. The van der Waals surface area contributed by atoms with Crippen molar-refractivity contribution in [1.82, 2.24) is 15.1 Å². The van der Waals surface area contributed by atoms with Crippen molar-refractivity contribution in [2.45, 2.75) is 96.2 Å². The lowest BCUT2D eigenvalue weighted by Gasteiger charge is -2.52. The van der Waals surface area contributed by atoms with Crippen molar-refractivity contribution in [3.8, 4) is 0 Å². The number of carbonyl (C=O) groups excluding carboxylic acids is 2. The maximum atomic E-state index is 13.5. The van der Waals surface area contributed by atoms with Gasteiger partial charge < -0.3 is 10.2 Å². The van der Waals surface area contributed by atoms with Gasteiger partial charge in [-0.25, -0.2) is 0 Å². The standard InChI is InChI=1S/C25H39N3O2S/c1-3-14-28-23(29)22(17-19-8-6-5-7-9-19)26-24(30)25(28)12-15-27(16-13-25)18-21-11-10-20(4-2)31-21/h10-11,19,22H,3-9,12-18H2,1-2H3,(H,26,30). The smallest absolute Gasteiger partial charge is 0.246 e. The van der Waals surface area contributed by atoms with Crippen LogP contribution in [-0.2, 0) is 22.6 Å². The SMILES string of the molecule is CCCN1C(=O)C(CC2CCCCC2)NC(=O)C12CCN(Cc1ccc(CC)s1)CC2. The lowest BCUT2D eigenvalue weighted by Crippen LogP contribution is -2.73. The summed E-state index contributed by atoms with van der Waals surface area (Å²) in [6.45, 7) is 7.69. The van der Waals surface area contributed by atoms with Crippen LogP contribution in [0.2, 0.25) is 0 Å². The summed E-state index contributed by atoms with van der Waals surface area (Å²) in [4.78, 5) is 34.2. The Morgan fingerprint density at radius 2 is 1.77 bits per heavy atom. The molecule has 31 heavy (non-hydrogen) atoms. The summed E-state index contributed by atoms with van der Waals surface area (Å²) in [5, 5.41) is 3.19. The number of likely N-dealkylation sites (tertiary alicyclic amines) is 1. The van der Waals surface area contributed by atoms with Crippen LogP contribution >= 0.6 is 11.3 Å². The fraction of sp³-hybridized carbons (Fsp3) is 0.760. The van der Waals surface area contributed by atoms with Crippen molar-refractivity contribution in [1.29, 1.82) is 0 Å². The molecule has 172 valence electrons. The summed E-state index contributed by atoms with van der Waals surface area (Å²) < 4.78 is 0. The van der Waals surface area contributed by atoms with Crippen LogP contribution in [0.3, 0.4) is 0 Å². The molecular formula is C25H39N3O2S. The Morgan fingerprint density at radius 1 is 1.06 bits per heavy atom. The van der Waals surface area contributed by atoms with E-state index in [0.29, 0.717) is 12.5 Å². The van der Waals surface area contributed by atoms with Crippen LogP contribution in [-0.4, -0.2) is 52.8 Å². The van der Waals surface area contributed by atoms with Crippen LogP contribution in [0.4, 0.5) is 0 Å². The van der Waals surface area contributed by atoms with Gasteiger partial charge in [-0.1, -0.05) is 46.0 Å². The first-order valence-corrected chi connectivity index (χ1v) is 13.3.